The van der Waals surface area contributed by atoms with Gasteiger partial charge in [0.1, 0.15) is 11.3 Å². The summed E-state index contributed by atoms with van der Waals surface area (Å²) < 4.78 is 5.21. The smallest absolute Gasteiger partial charge is 0.274 e. The number of nitro groups is 1. The largest absolute Gasteiger partial charge is 0.443 e. The molecule has 0 aliphatic heterocycles. The minimum Gasteiger partial charge on any atom is -0.443 e. The Morgan fingerprint density at radius 1 is 1.27 bits per heavy atom. The number of anilines is 2. The third kappa shape index (κ3) is 2.37. The predicted octanol–water partition coefficient (Wildman–Crippen LogP) is 2.82. The van der Waals surface area contributed by atoms with E-state index in [2.05, 4.69) is 9.97 Å². The van der Waals surface area contributed by atoms with Crippen LogP contribution in [0.3, 0.4) is 0 Å². The molecule has 110 valence electrons. The Hall–Kier alpha value is -3.29. The molecule has 0 fully saturated rings. The van der Waals surface area contributed by atoms with Crippen LogP contribution < -0.4 is 4.90 Å². The second-order valence-electron chi connectivity index (χ2n) is 4.49. The van der Waals surface area contributed by atoms with Crippen molar-refractivity contribution in [3.8, 4) is 0 Å². The van der Waals surface area contributed by atoms with Gasteiger partial charge in [0.05, 0.1) is 16.7 Å². The summed E-state index contributed by atoms with van der Waals surface area (Å²) in [6.45, 7) is 1.35. The van der Waals surface area contributed by atoms with E-state index >= 15 is 0 Å². The van der Waals surface area contributed by atoms with Crippen LogP contribution >= 0.6 is 0 Å². The van der Waals surface area contributed by atoms with Crippen LogP contribution in [0.5, 0.6) is 0 Å². The monoisotopic (exact) mass is 298 g/mol. The van der Waals surface area contributed by atoms with Crippen molar-refractivity contribution in [1.82, 2.24) is 9.97 Å². The number of amides is 1. The molecule has 0 unspecified atom stereocenters. The van der Waals surface area contributed by atoms with E-state index in [-0.39, 0.29) is 17.4 Å². The number of benzene rings is 1. The summed E-state index contributed by atoms with van der Waals surface area (Å²) in [5.74, 6) is -0.160. The molecule has 2 aromatic heterocycles. The summed E-state index contributed by atoms with van der Waals surface area (Å²) in [6, 6.07) is 7.51. The van der Waals surface area contributed by atoms with E-state index in [1.807, 2.05) is 0 Å². The van der Waals surface area contributed by atoms with Crippen molar-refractivity contribution in [2.24, 2.45) is 0 Å². The fourth-order valence-electron chi connectivity index (χ4n) is 2.10. The average Bonchev–Trinajstić information content (AvgIpc) is 2.95. The van der Waals surface area contributed by atoms with Gasteiger partial charge in [-0.25, -0.2) is 9.97 Å². The highest BCUT2D eigenvalue weighted by Crippen LogP contribution is 2.28. The maximum absolute atomic E-state index is 12.0. The molecule has 22 heavy (non-hydrogen) atoms. The molecule has 0 spiro atoms. The molecule has 0 bridgehead atoms. The molecule has 8 heteroatoms. The van der Waals surface area contributed by atoms with Crippen LogP contribution in [0, 0.1) is 10.1 Å². The number of hydrogen-bond donors (Lipinski definition) is 0. The van der Waals surface area contributed by atoms with Gasteiger partial charge >= 0.3 is 0 Å². The van der Waals surface area contributed by atoms with E-state index in [9.17, 15) is 14.9 Å². The number of pyridine rings is 1. The standard InChI is InChI=1S/C14H10N4O4/c1-9(19)17(14-7-11(18(20)21)4-5-15-14)10-2-3-12-13(6-10)22-8-16-12/h2-8H,1H3. The molecular formula is C14H10N4O4. The number of aromatic nitrogens is 2. The van der Waals surface area contributed by atoms with Gasteiger partial charge < -0.3 is 4.42 Å². The zero-order chi connectivity index (χ0) is 15.7. The molecule has 3 rings (SSSR count). The molecule has 1 amide bonds. The van der Waals surface area contributed by atoms with E-state index in [1.165, 1.54) is 36.5 Å². The van der Waals surface area contributed by atoms with E-state index < -0.39 is 4.92 Å². The summed E-state index contributed by atoms with van der Waals surface area (Å²) >= 11 is 0. The lowest BCUT2D eigenvalue weighted by atomic mass is 10.2. The average molecular weight is 298 g/mol. The van der Waals surface area contributed by atoms with Gasteiger partial charge in [0, 0.05) is 25.3 Å². The van der Waals surface area contributed by atoms with Crippen molar-refractivity contribution in [2.45, 2.75) is 6.92 Å². The first-order valence-electron chi connectivity index (χ1n) is 6.30. The van der Waals surface area contributed by atoms with Gasteiger partial charge in [0.2, 0.25) is 5.91 Å². The molecule has 2 heterocycles. The third-order valence-electron chi connectivity index (χ3n) is 3.06. The van der Waals surface area contributed by atoms with E-state index in [0.29, 0.717) is 16.8 Å². The molecular weight excluding hydrogens is 288 g/mol. The van der Waals surface area contributed by atoms with Gasteiger partial charge in [0.25, 0.3) is 5.69 Å². The van der Waals surface area contributed by atoms with Crippen LogP contribution in [-0.2, 0) is 4.79 Å². The van der Waals surface area contributed by atoms with Crippen molar-refractivity contribution >= 4 is 34.2 Å². The second-order valence-corrected chi connectivity index (χ2v) is 4.49. The van der Waals surface area contributed by atoms with Crippen LogP contribution in [0.1, 0.15) is 6.92 Å². The SMILES string of the molecule is CC(=O)N(c1ccc2ncoc2c1)c1cc([N+](=O)[O-])ccn1. The zero-order valence-electron chi connectivity index (χ0n) is 11.5. The molecule has 0 saturated carbocycles. The highest BCUT2D eigenvalue weighted by molar-refractivity contribution is 5.99. The molecule has 8 nitrogen and oxygen atoms in total. The van der Waals surface area contributed by atoms with Crippen molar-refractivity contribution in [3.63, 3.8) is 0 Å². The van der Waals surface area contributed by atoms with Crippen molar-refractivity contribution < 1.29 is 14.1 Å². The zero-order valence-corrected chi connectivity index (χ0v) is 11.5. The van der Waals surface area contributed by atoms with Crippen LogP contribution in [0.25, 0.3) is 11.1 Å². The molecule has 0 atom stereocenters. The second kappa shape index (κ2) is 5.24. The Bertz CT molecular complexity index is 874. The Morgan fingerprint density at radius 2 is 2.09 bits per heavy atom. The number of nitrogens with zero attached hydrogens (tertiary/aromatic N) is 4. The lowest BCUT2D eigenvalue weighted by molar-refractivity contribution is -0.384. The Labute approximate surface area is 124 Å². The maximum Gasteiger partial charge on any atom is 0.274 e. The van der Waals surface area contributed by atoms with Crippen LogP contribution in [0.2, 0.25) is 0 Å². The van der Waals surface area contributed by atoms with E-state index in [4.69, 9.17) is 4.42 Å². The summed E-state index contributed by atoms with van der Waals surface area (Å²) in [7, 11) is 0. The molecule has 3 aromatic rings. The fourth-order valence-corrected chi connectivity index (χ4v) is 2.10. The van der Waals surface area contributed by atoms with Gasteiger partial charge in [-0.15, -0.1) is 0 Å². The van der Waals surface area contributed by atoms with Gasteiger partial charge in [-0.2, -0.15) is 0 Å². The predicted molar refractivity (Wildman–Crippen MR) is 77.7 cm³/mol. The minimum atomic E-state index is -0.539. The normalized spacial score (nSPS) is 10.6. The number of fused-ring (bicyclic) bond motifs is 1. The van der Waals surface area contributed by atoms with Crippen LogP contribution in [0.4, 0.5) is 17.2 Å². The summed E-state index contributed by atoms with van der Waals surface area (Å²) in [5, 5.41) is 10.9. The van der Waals surface area contributed by atoms with Crippen LogP contribution in [0.15, 0.2) is 47.3 Å². The molecule has 0 aliphatic rings. The topological polar surface area (TPSA) is 102 Å². The minimum absolute atomic E-state index is 0.142. The van der Waals surface area contributed by atoms with Gasteiger partial charge in [-0.05, 0) is 12.1 Å². The molecule has 0 saturated heterocycles. The molecule has 0 aliphatic carbocycles. The fraction of sp³-hybridized carbons (Fsp3) is 0.0714. The summed E-state index contributed by atoms with van der Waals surface area (Å²) in [4.78, 5) is 31.6. The molecule has 0 N–H and O–H groups in total. The quantitative estimate of drug-likeness (QED) is 0.544. The van der Waals surface area contributed by atoms with E-state index in [1.54, 1.807) is 18.2 Å². The Morgan fingerprint density at radius 3 is 2.82 bits per heavy atom. The van der Waals surface area contributed by atoms with Gasteiger partial charge in [-0.1, -0.05) is 0 Å². The third-order valence-corrected chi connectivity index (χ3v) is 3.06. The highest BCUT2D eigenvalue weighted by Gasteiger charge is 2.19. The van der Waals surface area contributed by atoms with Gasteiger partial charge in [0.15, 0.2) is 12.0 Å². The number of carbonyl (C=O) groups excluding carboxylic acids is 1. The first-order valence-corrected chi connectivity index (χ1v) is 6.30. The Balaban J connectivity index is 2.11. The first-order chi connectivity index (χ1) is 10.6. The summed E-state index contributed by atoms with van der Waals surface area (Å²) in [6.07, 6.45) is 2.59. The van der Waals surface area contributed by atoms with Crippen molar-refractivity contribution in [1.29, 1.82) is 0 Å². The maximum atomic E-state index is 12.0. The van der Waals surface area contributed by atoms with Crippen molar-refractivity contribution in [3.05, 3.63) is 53.0 Å². The Kier molecular flexibility index (Phi) is 3.26. The molecule has 1 aromatic carbocycles. The van der Waals surface area contributed by atoms with Crippen LogP contribution in [-0.4, -0.2) is 20.8 Å². The summed E-state index contributed by atoms with van der Waals surface area (Å²) in [5.41, 5.74) is 1.51. The number of oxazole rings is 1. The van der Waals surface area contributed by atoms with E-state index in [0.717, 1.165) is 0 Å². The van der Waals surface area contributed by atoms with Gasteiger partial charge in [-0.3, -0.25) is 19.8 Å². The van der Waals surface area contributed by atoms with Crippen molar-refractivity contribution in [2.75, 3.05) is 4.90 Å². The lowest BCUT2D eigenvalue weighted by Gasteiger charge is -2.19. The lowest BCUT2D eigenvalue weighted by Crippen LogP contribution is -2.23. The number of hydrogen-bond acceptors (Lipinski definition) is 6. The number of rotatable bonds is 3. The first kappa shape index (κ1) is 13.7. The highest BCUT2D eigenvalue weighted by atomic mass is 16.6. The molecule has 0 radical (unpaired) electrons. The number of carbonyl (C=O) groups is 1.